The van der Waals surface area contributed by atoms with Crippen molar-refractivity contribution in [1.82, 2.24) is 19.5 Å². The van der Waals surface area contributed by atoms with Gasteiger partial charge in [-0.3, -0.25) is 4.98 Å². The monoisotopic (exact) mass is 373 g/mol. The summed E-state index contributed by atoms with van der Waals surface area (Å²) in [4.78, 5) is 22.5. The topological polar surface area (TPSA) is 209 Å². The maximum absolute atomic E-state index is 12.3. The number of H-pyrrole nitrogens is 1. The first-order valence-electron chi connectivity index (χ1n) is 7.69. The number of hydrogen-bond acceptors (Lipinski definition) is 11. The highest BCUT2D eigenvalue weighted by Gasteiger charge is 2.45. The molecule has 144 valence electrons. The molecule has 5 atom stereocenters. The van der Waals surface area contributed by atoms with Gasteiger partial charge in [0.1, 0.15) is 36.5 Å². The van der Waals surface area contributed by atoms with Gasteiger partial charge in [0.2, 0.25) is 11.8 Å². The number of ether oxygens (including phenoxy) is 2. The van der Waals surface area contributed by atoms with Crippen molar-refractivity contribution in [3.05, 3.63) is 10.5 Å². The molecule has 0 bridgehead atoms. The summed E-state index contributed by atoms with van der Waals surface area (Å²) in [5.41, 5.74) is 4.83. The summed E-state index contributed by atoms with van der Waals surface area (Å²) < 4.78 is 11.5. The maximum atomic E-state index is 12.3. The van der Waals surface area contributed by atoms with E-state index in [0.29, 0.717) is 0 Å². The lowest BCUT2D eigenvalue weighted by Crippen LogP contribution is -2.34. The molecule has 1 fully saturated rings. The van der Waals surface area contributed by atoms with Crippen molar-refractivity contribution in [2.75, 3.05) is 25.6 Å². The Hall–Kier alpha value is -2.29. The molecule has 26 heavy (non-hydrogen) atoms. The van der Waals surface area contributed by atoms with Crippen molar-refractivity contribution < 1.29 is 35.0 Å². The Morgan fingerprint density at radius 3 is 2.65 bits per heavy atom. The highest BCUT2D eigenvalue weighted by atomic mass is 16.6. The van der Waals surface area contributed by atoms with E-state index in [4.69, 9.17) is 20.3 Å². The summed E-state index contributed by atoms with van der Waals surface area (Å²) in [7, 11) is 0. The number of nitrogens with one attached hydrogen (secondary N) is 1. The van der Waals surface area contributed by atoms with Crippen molar-refractivity contribution in [3.63, 3.8) is 0 Å². The zero-order valence-corrected chi connectivity index (χ0v) is 13.4. The minimum atomic E-state index is -1.50. The molecular formula is C13H19N5O8. The van der Waals surface area contributed by atoms with Crippen molar-refractivity contribution in [1.29, 1.82) is 0 Å². The molecule has 8 N–H and O–H groups in total. The largest absolute Gasteiger partial charge is 0.473 e. The van der Waals surface area contributed by atoms with E-state index in [2.05, 4.69) is 15.0 Å². The minimum Gasteiger partial charge on any atom is -0.473 e. The SMILES string of the molecule is Nc1nc(OC[C@H](O)CO)c2[nH]c(=O)n([C@@H]3O[C@H](CO)[C@@H](O)[C@H]3O)c2n1. The van der Waals surface area contributed by atoms with Gasteiger partial charge in [-0.25, -0.2) is 9.36 Å². The fourth-order valence-corrected chi connectivity index (χ4v) is 2.65. The number of nitrogens with zero attached hydrogens (tertiary/aromatic N) is 3. The van der Waals surface area contributed by atoms with Crippen LogP contribution in [0.3, 0.4) is 0 Å². The molecular weight excluding hydrogens is 354 g/mol. The zero-order valence-electron chi connectivity index (χ0n) is 13.4. The molecule has 13 heteroatoms. The molecule has 0 spiro atoms. The van der Waals surface area contributed by atoms with Gasteiger partial charge in [-0.2, -0.15) is 9.97 Å². The summed E-state index contributed by atoms with van der Waals surface area (Å²) in [6.07, 6.45) is -6.48. The lowest BCUT2D eigenvalue weighted by molar-refractivity contribution is -0.0524. The summed E-state index contributed by atoms with van der Waals surface area (Å²) in [5.74, 6) is -0.409. The minimum absolute atomic E-state index is 0.0204. The van der Waals surface area contributed by atoms with Gasteiger partial charge in [0, 0.05) is 0 Å². The van der Waals surface area contributed by atoms with Crippen LogP contribution in [-0.2, 0) is 4.74 Å². The summed E-state index contributed by atoms with van der Waals surface area (Å²) in [6, 6.07) is 0. The van der Waals surface area contributed by atoms with Crippen LogP contribution in [0, 0.1) is 0 Å². The average molecular weight is 373 g/mol. The Labute approximate surface area is 145 Å². The molecule has 0 aliphatic carbocycles. The van der Waals surface area contributed by atoms with E-state index in [1.54, 1.807) is 0 Å². The van der Waals surface area contributed by atoms with Crippen LogP contribution in [0.5, 0.6) is 5.88 Å². The van der Waals surface area contributed by atoms with E-state index in [1.165, 1.54) is 0 Å². The molecule has 3 heterocycles. The molecule has 13 nitrogen and oxygen atoms in total. The normalized spacial score (nSPS) is 27.1. The molecule has 3 rings (SSSR count). The second kappa shape index (κ2) is 7.14. The van der Waals surface area contributed by atoms with E-state index < -0.39 is 49.5 Å². The van der Waals surface area contributed by atoms with E-state index >= 15 is 0 Å². The van der Waals surface area contributed by atoms with Gasteiger partial charge in [0.15, 0.2) is 11.9 Å². The highest BCUT2D eigenvalue weighted by Crippen LogP contribution is 2.31. The third-order valence-electron chi connectivity index (χ3n) is 3.95. The van der Waals surface area contributed by atoms with Crippen LogP contribution in [0.1, 0.15) is 6.23 Å². The van der Waals surface area contributed by atoms with Gasteiger partial charge in [0.25, 0.3) is 0 Å². The van der Waals surface area contributed by atoms with Gasteiger partial charge in [0.05, 0.1) is 13.2 Å². The van der Waals surface area contributed by atoms with Crippen LogP contribution in [-0.4, -0.2) is 89.3 Å². The molecule has 2 aromatic rings. The fourth-order valence-electron chi connectivity index (χ4n) is 2.65. The van der Waals surface area contributed by atoms with Crippen LogP contribution in [0.25, 0.3) is 11.2 Å². The Bertz CT molecular complexity index is 838. The van der Waals surface area contributed by atoms with Gasteiger partial charge in [-0.1, -0.05) is 0 Å². The maximum Gasteiger partial charge on any atom is 0.330 e. The van der Waals surface area contributed by atoms with Crippen LogP contribution in [0.4, 0.5) is 5.95 Å². The van der Waals surface area contributed by atoms with Crippen LogP contribution < -0.4 is 16.2 Å². The van der Waals surface area contributed by atoms with Crippen molar-refractivity contribution in [2.45, 2.75) is 30.6 Å². The molecule has 0 aromatic carbocycles. The lowest BCUT2D eigenvalue weighted by Gasteiger charge is -2.16. The second-order valence-corrected chi connectivity index (χ2v) is 5.76. The van der Waals surface area contributed by atoms with E-state index in [0.717, 1.165) is 4.57 Å². The molecule has 0 saturated carbocycles. The Kier molecular flexibility index (Phi) is 5.08. The summed E-state index contributed by atoms with van der Waals surface area (Å²) >= 11 is 0. The second-order valence-electron chi connectivity index (χ2n) is 5.76. The summed E-state index contributed by atoms with van der Waals surface area (Å²) in [5, 5.41) is 47.4. The van der Waals surface area contributed by atoms with Gasteiger partial charge in [-0.05, 0) is 0 Å². The van der Waals surface area contributed by atoms with Crippen LogP contribution in [0.15, 0.2) is 4.79 Å². The number of nitrogen functional groups attached to an aromatic ring is 1. The molecule has 0 radical (unpaired) electrons. The van der Waals surface area contributed by atoms with Crippen molar-refractivity contribution in [2.24, 2.45) is 0 Å². The molecule has 0 amide bonds. The van der Waals surface area contributed by atoms with Crippen molar-refractivity contribution in [3.8, 4) is 5.88 Å². The molecule has 0 unspecified atom stereocenters. The Morgan fingerprint density at radius 2 is 2.04 bits per heavy atom. The number of aliphatic hydroxyl groups is 5. The standard InChI is InChI=1S/C13H19N5O8/c14-12-16-9-6(10(17-12)25-3-4(21)1-19)15-13(24)18(9)11-8(23)7(22)5(2-20)26-11/h4-5,7-8,11,19-23H,1-3H2,(H,15,24)(H2,14,16,17)/t4-,5-,7-,8-,11-/m1/s1. The number of imidazole rings is 1. The van der Waals surface area contributed by atoms with Crippen LogP contribution in [0.2, 0.25) is 0 Å². The Morgan fingerprint density at radius 1 is 1.31 bits per heavy atom. The van der Waals surface area contributed by atoms with E-state index in [-0.39, 0.29) is 29.6 Å². The molecule has 1 aliphatic heterocycles. The van der Waals surface area contributed by atoms with E-state index in [9.17, 15) is 25.2 Å². The predicted molar refractivity (Wildman–Crippen MR) is 84.2 cm³/mol. The van der Waals surface area contributed by atoms with Crippen LogP contribution >= 0.6 is 0 Å². The van der Waals surface area contributed by atoms with E-state index in [1.807, 2.05) is 0 Å². The number of aromatic nitrogens is 4. The van der Waals surface area contributed by atoms with Gasteiger partial charge >= 0.3 is 5.69 Å². The van der Waals surface area contributed by atoms with Gasteiger partial charge < -0.3 is 40.7 Å². The predicted octanol–water partition coefficient (Wildman–Crippen LogP) is -3.95. The number of aliphatic hydroxyl groups excluding tert-OH is 5. The first kappa shape index (κ1) is 18.5. The summed E-state index contributed by atoms with van der Waals surface area (Å²) in [6.45, 7) is -1.41. The lowest BCUT2D eigenvalue weighted by atomic mass is 10.1. The number of rotatable bonds is 6. The zero-order chi connectivity index (χ0) is 19.0. The molecule has 2 aromatic heterocycles. The molecule has 1 aliphatic rings. The van der Waals surface area contributed by atoms with Gasteiger partial charge in [-0.15, -0.1) is 0 Å². The number of aromatic amines is 1. The quantitative estimate of drug-likeness (QED) is 0.260. The number of hydrogen-bond donors (Lipinski definition) is 7. The average Bonchev–Trinajstić information content (AvgIpc) is 3.09. The third-order valence-corrected chi connectivity index (χ3v) is 3.95. The fraction of sp³-hybridized carbons (Fsp3) is 0.615. The molecule has 1 saturated heterocycles. The van der Waals surface area contributed by atoms with Crippen molar-refractivity contribution >= 4 is 17.1 Å². The number of anilines is 1. The smallest absolute Gasteiger partial charge is 0.330 e. The highest BCUT2D eigenvalue weighted by molar-refractivity contribution is 5.77. The first-order chi connectivity index (χ1) is 12.4. The third kappa shape index (κ3) is 3.11. The number of nitrogens with two attached hydrogens (primary N) is 1. The Balaban J connectivity index is 2.04. The number of fused-ring (bicyclic) bond motifs is 1. The first-order valence-corrected chi connectivity index (χ1v) is 7.69.